The third-order valence-corrected chi connectivity index (χ3v) is 8.87. The second kappa shape index (κ2) is 35.2. The molecule has 1 aromatic heterocycles. The number of amides is 4. The van der Waals surface area contributed by atoms with Gasteiger partial charge in [-0.25, -0.2) is 15.5 Å². The number of carboxylic acid groups (broad SMARTS) is 2. The molecule has 340 valence electrons. The van der Waals surface area contributed by atoms with Gasteiger partial charge in [0.25, 0.3) is 5.91 Å². The van der Waals surface area contributed by atoms with E-state index in [1.54, 1.807) is 28.9 Å². The number of nitrogens with two attached hydrogens (primary N) is 1. The van der Waals surface area contributed by atoms with Crippen molar-refractivity contribution in [3.63, 3.8) is 0 Å². The fourth-order valence-electron chi connectivity index (χ4n) is 5.68. The van der Waals surface area contributed by atoms with Crippen molar-refractivity contribution in [2.45, 2.75) is 109 Å². The van der Waals surface area contributed by atoms with Crippen molar-refractivity contribution in [1.29, 1.82) is 0 Å². The Hall–Kier alpha value is -5.60. The minimum Gasteiger partial charge on any atom is -0.481 e. The normalized spacial score (nSPS) is 11.0. The number of Topliss-reactive ketones (excluding diaryl/α,β-unsaturated/α-hetero) is 1. The van der Waals surface area contributed by atoms with E-state index in [1.807, 2.05) is 6.20 Å². The molecule has 1 heterocycles. The van der Waals surface area contributed by atoms with E-state index in [1.165, 1.54) is 0 Å². The van der Waals surface area contributed by atoms with E-state index >= 15 is 0 Å². The SMILES string of the molecule is NOCC(=O)NCCOCCCCCOCCNC(=O)c1ccc(C(=O)CCCCCCCc2cn(CCCC[C@H](NC(=O)NCCCC(=O)O)C(=O)O)nn2)cc1.O=C=O. The van der Waals surface area contributed by atoms with Crippen LogP contribution in [0.2, 0.25) is 0 Å². The summed E-state index contributed by atoms with van der Waals surface area (Å²) in [6.45, 7) is 3.33. The Morgan fingerprint density at radius 1 is 0.721 bits per heavy atom. The first-order valence-corrected chi connectivity index (χ1v) is 20.5. The Bertz CT molecular complexity index is 1600. The molecule has 0 unspecified atom stereocenters. The van der Waals surface area contributed by atoms with E-state index in [0.717, 1.165) is 63.5 Å². The third-order valence-electron chi connectivity index (χ3n) is 8.87. The second-order valence-corrected chi connectivity index (χ2v) is 13.8. The molecule has 2 rings (SSSR count). The number of ether oxygens (including phenoxy) is 2. The number of benzene rings is 1. The van der Waals surface area contributed by atoms with E-state index in [4.69, 9.17) is 30.1 Å². The standard InChI is InChI=1S/C39H62N8O11.CO2/c40-58-29-35(49)41-21-26-56-24-9-4-10-25-57-27-22-42-37(52)31-18-16-30(17-19-31)34(48)14-6-3-1-2-5-12-32-28-47(46-45-32)23-8-7-13-33(38(53)54)44-39(55)43-20-11-15-36(50)51;2-1-3/h16-19,28,33H,1-15,20-27,29,40H2,(H,41,49)(H,42,52)(H,50,51)(H,53,54)(H2,43,44,55);/t33-;/m0./s1. The molecule has 2 aromatic rings. The predicted octanol–water partition coefficient (Wildman–Crippen LogP) is 2.19. The molecule has 0 saturated carbocycles. The van der Waals surface area contributed by atoms with E-state index in [9.17, 15) is 33.9 Å². The lowest BCUT2D eigenvalue weighted by atomic mass is 10.0. The Morgan fingerprint density at radius 2 is 1.34 bits per heavy atom. The van der Waals surface area contributed by atoms with Gasteiger partial charge in [0.05, 0.1) is 18.9 Å². The maximum Gasteiger partial charge on any atom is 0.373 e. The van der Waals surface area contributed by atoms with Crippen LogP contribution in [0.5, 0.6) is 0 Å². The van der Waals surface area contributed by atoms with E-state index in [-0.39, 0.29) is 56.2 Å². The van der Waals surface area contributed by atoms with Crippen molar-refractivity contribution in [2.75, 3.05) is 52.7 Å². The molecule has 0 spiro atoms. The number of rotatable bonds is 35. The number of nitrogens with one attached hydrogen (secondary N) is 4. The van der Waals surface area contributed by atoms with Crippen molar-refractivity contribution < 1.29 is 62.9 Å². The molecule has 1 atom stereocenters. The van der Waals surface area contributed by atoms with E-state index in [2.05, 4.69) is 36.4 Å². The highest BCUT2D eigenvalue weighted by atomic mass is 16.6. The van der Waals surface area contributed by atoms with E-state index < -0.39 is 24.0 Å². The molecule has 0 aliphatic heterocycles. The van der Waals surface area contributed by atoms with Crippen LogP contribution in [-0.2, 0) is 51.2 Å². The lowest BCUT2D eigenvalue weighted by Gasteiger charge is -2.15. The predicted molar refractivity (Wildman–Crippen MR) is 217 cm³/mol. The number of carboxylic acids is 2. The maximum atomic E-state index is 12.7. The second-order valence-electron chi connectivity index (χ2n) is 13.8. The largest absolute Gasteiger partial charge is 0.481 e. The molecular weight excluding hydrogens is 800 g/mol. The van der Waals surface area contributed by atoms with Gasteiger partial charge in [0.15, 0.2) is 5.78 Å². The van der Waals surface area contributed by atoms with Gasteiger partial charge in [0, 0.05) is 69.6 Å². The Labute approximate surface area is 355 Å². The minimum atomic E-state index is -1.14. The fourth-order valence-corrected chi connectivity index (χ4v) is 5.68. The quantitative estimate of drug-likeness (QED) is 0.0297. The first-order chi connectivity index (χ1) is 29.5. The summed E-state index contributed by atoms with van der Waals surface area (Å²) in [4.78, 5) is 90.8. The van der Waals surface area contributed by atoms with Gasteiger partial charge in [-0.1, -0.05) is 36.6 Å². The van der Waals surface area contributed by atoms with Gasteiger partial charge in [-0.3, -0.25) is 28.7 Å². The summed E-state index contributed by atoms with van der Waals surface area (Å²) in [5.74, 6) is 2.28. The number of aryl methyl sites for hydroxylation is 2. The smallest absolute Gasteiger partial charge is 0.373 e. The molecule has 0 saturated heterocycles. The summed E-state index contributed by atoms with van der Waals surface area (Å²) < 4.78 is 12.8. The molecule has 1 aromatic carbocycles. The molecular formula is C40H62N8O13. The van der Waals surface area contributed by atoms with Crippen molar-refractivity contribution in [2.24, 2.45) is 5.90 Å². The Morgan fingerprint density at radius 3 is 2.00 bits per heavy atom. The van der Waals surface area contributed by atoms with Crippen LogP contribution in [0.25, 0.3) is 0 Å². The zero-order chi connectivity index (χ0) is 44.9. The molecule has 61 heavy (non-hydrogen) atoms. The van der Waals surface area contributed by atoms with Gasteiger partial charge >= 0.3 is 24.1 Å². The molecule has 0 radical (unpaired) electrons. The molecule has 8 N–H and O–H groups in total. The zero-order valence-electron chi connectivity index (χ0n) is 34.7. The van der Waals surface area contributed by atoms with Crippen molar-refractivity contribution >= 4 is 41.7 Å². The maximum absolute atomic E-state index is 12.7. The Kier molecular flexibility index (Phi) is 30.8. The summed E-state index contributed by atoms with van der Waals surface area (Å²) in [6.07, 6.45) is 12.4. The average Bonchev–Trinajstić information content (AvgIpc) is 3.69. The molecule has 0 aliphatic carbocycles. The number of carbonyl (C=O) groups is 6. The van der Waals surface area contributed by atoms with Gasteiger partial charge in [0.1, 0.15) is 12.6 Å². The Balaban J connectivity index is 0.00000601. The molecule has 4 amide bonds. The number of aromatic nitrogens is 3. The highest BCUT2D eigenvalue weighted by Crippen LogP contribution is 2.13. The molecule has 21 nitrogen and oxygen atoms in total. The molecule has 21 heteroatoms. The van der Waals surface area contributed by atoms with Crippen LogP contribution in [0.4, 0.5) is 4.79 Å². The zero-order valence-corrected chi connectivity index (χ0v) is 34.7. The number of urea groups is 1. The lowest BCUT2D eigenvalue weighted by molar-refractivity contribution is -0.191. The van der Waals surface area contributed by atoms with Gasteiger partial charge < -0.3 is 41.0 Å². The summed E-state index contributed by atoms with van der Waals surface area (Å²) >= 11 is 0. The van der Waals surface area contributed by atoms with Gasteiger partial charge in [-0.2, -0.15) is 9.59 Å². The van der Waals surface area contributed by atoms with Gasteiger partial charge in [-0.05, 0) is 76.3 Å². The van der Waals surface area contributed by atoms with Crippen LogP contribution in [-0.4, -0.2) is 126 Å². The first-order valence-electron chi connectivity index (χ1n) is 20.5. The first kappa shape index (κ1) is 53.4. The number of unbranched alkanes of at least 4 members (excludes halogenated alkanes) is 7. The highest BCUT2D eigenvalue weighted by Gasteiger charge is 2.19. The lowest BCUT2D eigenvalue weighted by Crippen LogP contribution is -2.46. The molecule has 0 aliphatic rings. The van der Waals surface area contributed by atoms with Crippen molar-refractivity contribution in [3.8, 4) is 0 Å². The molecule has 0 bridgehead atoms. The topological polar surface area (TPSA) is 310 Å². The number of nitrogens with zero attached hydrogens (tertiary/aromatic N) is 3. The van der Waals surface area contributed by atoms with Crippen LogP contribution in [0.1, 0.15) is 116 Å². The van der Waals surface area contributed by atoms with Crippen molar-refractivity contribution in [3.05, 3.63) is 47.3 Å². The van der Waals surface area contributed by atoms with Crippen LogP contribution in [0, 0.1) is 0 Å². The summed E-state index contributed by atoms with van der Waals surface area (Å²) in [7, 11) is 0. The third kappa shape index (κ3) is 28.5. The van der Waals surface area contributed by atoms with Crippen LogP contribution in [0.3, 0.4) is 0 Å². The number of carbonyl (C=O) groups excluding carboxylic acids is 6. The average molecular weight is 863 g/mol. The van der Waals surface area contributed by atoms with Crippen LogP contribution in [0.15, 0.2) is 30.5 Å². The number of hydrogen-bond donors (Lipinski definition) is 7. The number of hydrogen-bond acceptors (Lipinski definition) is 14. The summed E-state index contributed by atoms with van der Waals surface area (Å²) in [5.41, 5.74) is 1.95. The highest BCUT2D eigenvalue weighted by molar-refractivity contribution is 5.98. The van der Waals surface area contributed by atoms with Gasteiger partial charge in [-0.15, -0.1) is 5.10 Å². The summed E-state index contributed by atoms with van der Waals surface area (Å²) in [6, 6.07) is 5.03. The van der Waals surface area contributed by atoms with Crippen molar-refractivity contribution in [1.82, 2.24) is 36.3 Å². The minimum absolute atomic E-state index is 0.0519. The van der Waals surface area contributed by atoms with Crippen LogP contribution >= 0.6 is 0 Å². The summed E-state index contributed by atoms with van der Waals surface area (Å²) in [5, 5.41) is 36.8. The van der Waals surface area contributed by atoms with E-state index in [0.29, 0.717) is 76.5 Å². The molecule has 0 fully saturated rings. The number of ketones is 1. The fraction of sp³-hybridized carbons (Fsp3) is 0.625. The number of aliphatic carboxylic acids is 2. The van der Waals surface area contributed by atoms with Crippen LogP contribution < -0.4 is 27.2 Å². The van der Waals surface area contributed by atoms with Gasteiger partial charge in [0.2, 0.25) is 5.91 Å². The monoisotopic (exact) mass is 862 g/mol.